The van der Waals surface area contributed by atoms with Gasteiger partial charge in [0.05, 0.1) is 3.79 Å². The number of hydrogen-bond acceptors (Lipinski definition) is 4. The molecule has 0 radical (unpaired) electrons. The molecule has 0 aromatic carbocycles. The molecule has 0 bridgehead atoms. The van der Waals surface area contributed by atoms with Crippen molar-refractivity contribution in [3.63, 3.8) is 0 Å². The number of hydrogen-bond donors (Lipinski definition) is 0. The first-order valence-electron chi connectivity index (χ1n) is 6.25. The molecule has 1 aliphatic heterocycles. The molecule has 19 heavy (non-hydrogen) atoms. The lowest BCUT2D eigenvalue weighted by Gasteiger charge is -2.34. The van der Waals surface area contributed by atoms with Crippen LogP contribution in [0.15, 0.2) is 14.1 Å². The predicted octanol–water partition coefficient (Wildman–Crippen LogP) is 2.53. The molecule has 1 aromatic heterocycles. The maximum atomic E-state index is 12.6. The van der Waals surface area contributed by atoms with Gasteiger partial charge in [-0.15, -0.1) is 11.3 Å². The fourth-order valence-corrected chi connectivity index (χ4v) is 6.12. The van der Waals surface area contributed by atoms with Crippen LogP contribution in [0.25, 0.3) is 0 Å². The van der Waals surface area contributed by atoms with Gasteiger partial charge in [-0.05, 0) is 60.9 Å². The van der Waals surface area contributed by atoms with E-state index in [9.17, 15) is 8.42 Å². The van der Waals surface area contributed by atoms with E-state index >= 15 is 0 Å². The van der Waals surface area contributed by atoms with E-state index in [1.165, 1.54) is 11.3 Å². The Hall–Kier alpha value is 0.0500. The second-order valence-corrected chi connectivity index (χ2v) is 9.70. The smallest absolute Gasteiger partial charge is 0.252 e. The van der Waals surface area contributed by atoms with Gasteiger partial charge in [0.1, 0.15) is 4.21 Å². The molecule has 0 spiro atoms. The SMILES string of the molecule is Cc1cc(S(=O)(=O)N(C)C2CCCN(C)C2)sc1Br. The molecule has 0 N–H and O–H groups in total. The molecule has 1 saturated heterocycles. The summed E-state index contributed by atoms with van der Waals surface area (Å²) in [6, 6.07) is 1.82. The van der Waals surface area contributed by atoms with Crippen LogP contribution in [0.3, 0.4) is 0 Å². The quantitative estimate of drug-likeness (QED) is 0.825. The Bertz CT molecular complexity index is 537. The molecule has 7 heteroatoms. The first-order valence-corrected chi connectivity index (χ1v) is 9.30. The summed E-state index contributed by atoms with van der Waals surface area (Å²) in [6.45, 7) is 3.77. The summed E-state index contributed by atoms with van der Waals surface area (Å²) in [5, 5.41) is 0. The number of sulfonamides is 1. The van der Waals surface area contributed by atoms with Crippen LogP contribution < -0.4 is 0 Å². The molecule has 2 rings (SSSR count). The van der Waals surface area contributed by atoms with Crippen LogP contribution in [0.5, 0.6) is 0 Å². The van der Waals surface area contributed by atoms with E-state index in [0.29, 0.717) is 4.21 Å². The van der Waals surface area contributed by atoms with E-state index in [-0.39, 0.29) is 6.04 Å². The minimum absolute atomic E-state index is 0.0740. The standard InChI is InChI=1S/C12H19BrN2O2S2/c1-9-7-11(18-12(9)13)19(16,17)15(3)10-5-4-6-14(2)8-10/h7,10H,4-6,8H2,1-3H3. The number of rotatable bonds is 3. The van der Waals surface area contributed by atoms with Gasteiger partial charge in [-0.2, -0.15) is 4.31 Å². The van der Waals surface area contributed by atoms with Crippen LogP contribution in [0, 0.1) is 6.92 Å². The zero-order chi connectivity index (χ0) is 14.2. The van der Waals surface area contributed by atoms with Crippen molar-refractivity contribution in [2.24, 2.45) is 0 Å². The molecule has 0 aliphatic carbocycles. The molecule has 1 aliphatic rings. The van der Waals surface area contributed by atoms with Crippen LogP contribution >= 0.6 is 27.3 Å². The molecule has 2 heterocycles. The highest BCUT2D eigenvalue weighted by atomic mass is 79.9. The molecule has 0 amide bonds. The lowest BCUT2D eigenvalue weighted by atomic mass is 10.1. The monoisotopic (exact) mass is 366 g/mol. The predicted molar refractivity (Wildman–Crippen MR) is 82.2 cm³/mol. The molecule has 1 unspecified atom stereocenters. The van der Waals surface area contributed by atoms with Gasteiger partial charge in [0, 0.05) is 19.6 Å². The Kier molecular flexibility index (Phi) is 4.72. The third-order valence-electron chi connectivity index (χ3n) is 3.58. The van der Waals surface area contributed by atoms with E-state index in [1.54, 1.807) is 17.4 Å². The van der Waals surface area contributed by atoms with Crippen LogP contribution in [-0.2, 0) is 10.0 Å². The summed E-state index contributed by atoms with van der Waals surface area (Å²) in [5.74, 6) is 0. The van der Waals surface area contributed by atoms with E-state index in [2.05, 4.69) is 20.8 Å². The number of thiophene rings is 1. The van der Waals surface area contributed by atoms with Gasteiger partial charge in [0.2, 0.25) is 0 Å². The second kappa shape index (κ2) is 5.81. The van der Waals surface area contributed by atoms with Crippen molar-refractivity contribution in [1.29, 1.82) is 0 Å². The zero-order valence-electron chi connectivity index (χ0n) is 11.4. The van der Waals surface area contributed by atoms with Crippen molar-refractivity contribution < 1.29 is 8.42 Å². The van der Waals surface area contributed by atoms with Crippen LogP contribution in [0.2, 0.25) is 0 Å². The molecular formula is C12H19BrN2O2S2. The van der Waals surface area contributed by atoms with Crippen molar-refractivity contribution in [3.8, 4) is 0 Å². The minimum atomic E-state index is -3.37. The van der Waals surface area contributed by atoms with Crippen LogP contribution in [-0.4, -0.2) is 50.8 Å². The topological polar surface area (TPSA) is 40.6 Å². The summed E-state index contributed by atoms with van der Waals surface area (Å²) >= 11 is 4.68. The zero-order valence-corrected chi connectivity index (χ0v) is 14.6. The Balaban J connectivity index is 2.23. The van der Waals surface area contributed by atoms with Crippen molar-refractivity contribution in [2.45, 2.75) is 30.0 Å². The summed E-state index contributed by atoms with van der Waals surface area (Å²) in [6.07, 6.45) is 1.99. The Morgan fingerprint density at radius 2 is 2.21 bits per heavy atom. The Morgan fingerprint density at radius 1 is 1.53 bits per heavy atom. The third kappa shape index (κ3) is 3.21. The van der Waals surface area contributed by atoms with E-state index in [4.69, 9.17) is 0 Å². The molecule has 4 nitrogen and oxygen atoms in total. The normalized spacial score (nSPS) is 22.1. The molecular weight excluding hydrogens is 348 g/mol. The van der Waals surface area contributed by atoms with Crippen molar-refractivity contribution >= 4 is 37.3 Å². The number of piperidine rings is 1. The minimum Gasteiger partial charge on any atom is -0.305 e. The van der Waals surface area contributed by atoms with Crippen LogP contribution in [0.4, 0.5) is 0 Å². The Labute approximate surface area is 127 Å². The van der Waals surface area contributed by atoms with Crippen molar-refractivity contribution in [2.75, 3.05) is 27.2 Å². The largest absolute Gasteiger partial charge is 0.305 e. The highest BCUT2D eigenvalue weighted by molar-refractivity contribution is 9.11. The number of likely N-dealkylation sites (tertiary alicyclic amines) is 1. The number of likely N-dealkylation sites (N-methyl/N-ethyl adjacent to an activating group) is 2. The second-order valence-electron chi connectivity index (χ2n) is 5.10. The average molecular weight is 367 g/mol. The molecule has 1 aromatic rings. The van der Waals surface area contributed by atoms with Gasteiger partial charge in [0.15, 0.2) is 0 Å². The van der Waals surface area contributed by atoms with E-state index in [0.717, 1.165) is 35.3 Å². The first kappa shape index (κ1) is 15.4. The summed E-state index contributed by atoms with van der Waals surface area (Å²) < 4.78 is 28.1. The van der Waals surface area contributed by atoms with Gasteiger partial charge in [-0.1, -0.05) is 0 Å². The average Bonchev–Trinajstić information content (AvgIpc) is 2.69. The van der Waals surface area contributed by atoms with Crippen molar-refractivity contribution in [3.05, 3.63) is 15.4 Å². The first-order chi connectivity index (χ1) is 8.82. The van der Waals surface area contributed by atoms with Gasteiger partial charge in [-0.25, -0.2) is 8.42 Å². The van der Waals surface area contributed by atoms with Crippen molar-refractivity contribution in [1.82, 2.24) is 9.21 Å². The van der Waals surface area contributed by atoms with Gasteiger partial charge in [0.25, 0.3) is 10.0 Å². The number of halogens is 1. The molecule has 1 fully saturated rings. The van der Waals surface area contributed by atoms with Gasteiger partial charge in [-0.3, -0.25) is 0 Å². The lowest BCUT2D eigenvalue weighted by Crippen LogP contribution is -2.47. The summed E-state index contributed by atoms with van der Waals surface area (Å²) in [7, 11) is 0.368. The lowest BCUT2D eigenvalue weighted by molar-refractivity contribution is 0.188. The van der Waals surface area contributed by atoms with Gasteiger partial charge < -0.3 is 4.90 Å². The van der Waals surface area contributed by atoms with E-state index < -0.39 is 10.0 Å². The van der Waals surface area contributed by atoms with Crippen LogP contribution in [0.1, 0.15) is 18.4 Å². The maximum Gasteiger partial charge on any atom is 0.252 e. The molecule has 108 valence electrons. The van der Waals surface area contributed by atoms with E-state index in [1.807, 2.05) is 14.0 Å². The maximum absolute atomic E-state index is 12.6. The van der Waals surface area contributed by atoms with Gasteiger partial charge >= 0.3 is 0 Å². The highest BCUT2D eigenvalue weighted by Gasteiger charge is 2.31. The molecule has 0 saturated carbocycles. The number of nitrogens with zero attached hydrogens (tertiary/aromatic N) is 2. The Morgan fingerprint density at radius 3 is 2.74 bits per heavy atom. The summed E-state index contributed by atoms with van der Waals surface area (Å²) in [4.78, 5) is 2.19. The third-order valence-corrected chi connectivity index (χ3v) is 8.08. The molecule has 1 atom stereocenters. The fourth-order valence-electron chi connectivity index (χ4n) is 2.33. The number of aryl methyl sites for hydroxylation is 1. The summed E-state index contributed by atoms with van der Waals surface area (Å²) in [5.41, 5.74) is 0.970. The highest BCUT2D eigenvalue weighted by Crippen LogP contribution is 2.33. The fraction of sp³-hybridized carbons (Fsp3) is 0.667.